The quantitative estimate of drug-likeness (QED) is 0.404. The number of aromatic nitrogens is 3. The molecule has 2 heterocycles. The van der Waals surface area contributed by atoms with Crippen LogP contribution in [0, 0.1) is 0 Å². The van der Waals surface area contributed by atoms with Crippen molar-refractivity contribution in [2.45, 2.75) is 0 Å². The Balaban J connectivity index is 1.76. The third-order valence-electron chi connectivity index (χ3n) is 5.15. The Hall–Kier alpha value is -4.10. The number of nitrogens with one attached hydrogen (secondary N) is 1. The monoisotopic (exact) mass is 443 g/mol. The number of carbonyl (C=O) groups excluding carboxylic acids is 1. The highest BCUT2D eigenvalue weighted by atomic mass is 35.5. The van der Waals surface area contributed by atoms with Gasteiger partial charge >= 0.3 is 0 Å². The van der Waals surface area contributed by atoms with Crippen LogP contribution in [0.3, 0.4) is 0 Å². The van der Waals surface area contributed by atoms with Crippen LogP contribution in [0.5, 0.6) is 5.75 Å². The predicted octanol–water partition coefficient (Wildman–Crippen LogP) is 5.07. The van der Waals surface area contributed by atoms with Gasteiger partial charge < -0.3 is 15.8 Å². The molecule has 0 radical (unpaired) electrons. The molecular formula is C24H18ClN5O2. The first-order valence-corrected chi connectivity index (χ1v) is 10.2. The largest absolute Gasteiger partial charge is 0.495 e. The van der Waals surface area contributed by atoms with E-state index in [2.05, 4.69) is 5.32 Å². The molecule has 32 heavy (non-hydrogen) atoms. The van der Waals surface area contributed by atoms with Gasteiger partial charge in [0.2, 0.25) is 0 Å². The van der Waals surface area contributed by atoms with Crippen molar-refractivity contribution in [3.63, 3.8) is 0 Å². The third kappa shape index (κ3) is 3.29. The van der Waals surface area contributed by atoms with Crippen LogP contribution < -0.4 is 15.8 Å². The van der Waals surface area contributed by atoms with E-state index in [0.29, 0.717) is 44.3 Å². The highest BCUT2D eigenvalue weighted by Crippen LogP contribution is 2.34. The lowest BCUT2D eigenvalue weighted by Crippen LogP contribution is -2.14. The van der Waals surface area contributed by atoms with E-state index in [1.54, 1.807) is 42.0 Å². The van der Waals surface area contributed by atoms with E-state index >= 15 is 0 Å². The first-order valence-electron chi connectivity index (χ1n) is 9.84. The minimum absolute atomic E-state index is 0.213. The molecule has 158 valence electrons. The number of ether oxygens (including phenoxy) is 1. The molecule has 7 nitrogen and oxygen atoms in total. The van der Waals surface area contributed by atoms with Crippen molar-refractivity contribution in [1.82, 2.24) is 14.5 Å². The van der Waals surface area contributed by atoms with E-state index in [9.17, 15) is 4.79 Å². The molecule has 0 aliphatic heterocycles. The van der Waals surface area contributed by atoms with Gasteiger partial charge in [0, 0.05) is 5.69 Å². The fraction of sp³-hybridized carbons (Fsp3) is 0.0417. The van der Waals surface area contributed by atoms with Crippen LogP contribution in [0.25, 0.3) is 27.9 Å². The van der Waals surface area contributed by atoms with Crippen molar-refractivity contribution < 1.29 is 9.53 Å². The van der Waals surface area contributed by atoms with E-state index in [1.165, 1.54) is 0 Å². The number of carbonyl (C=O) groups is 1. The lowest BCUT2D eigenvalue weighted by molar-refractivity contribution is 0.102. The fourth-order valence-corrected chi connectivity index (χ4v) is 3.91. The molecular weight excluding hydrogens is 426 g/mol. The summed E-state index contributed by atoms with van der Waals surface area (Å²) >= 11 is 6.36. The average Bonchev–Trinajstić information content (AvgIpc) is 3.08. The first-order chi connectivity index (χ1) is 15.6. The molecule has 3 N–H and O–H groups in total. The van der Waals surface area contributed by atoms with Crippen molar-refractivity contribution in [2.24, 2.45) is 0 Å². The van der Waals surface area contributed by atoms with Crippen LogP contribution in [-0.4, -0.2) is 27.6 Å². The van der Waals surface area contributed by atoms with Crippen LogP contribution in [0.15, 0.2) is 72.8 Å². The first kappa shape index (κ1) is 19.8. The van der Waals surface area contributed by atoms with Crippen molar-refractivity contribution >= 4 is 51.2 Å². The minimum Gasteiger partial charge on any atom is -0.495 e. The van der Waals surface area contributed by atoms with E-state index in [0.717, 1.165) is 0 Å². The maximum atomic E-state index is 13.3. The second-order valence-electron chi connectivity index (χ2n) is 7.12. The van der Waals surface area contributed by atoms with Gasteiger partial charge in [-0.1, -0.05) is 41.9 Å². The Bertz CT molecular complexity index is 1480. The van der Waals surface area contributed by atoms with Gasteiger partial charge in [-0.15, -0.1) is 0 Å². The summed E-state index contributed by atoms with van der Waals surface area (Å²) in [6.45, 7) is 0. The molecule has 5 aromatic rings. The van der Waals surface area contributed by atoms with Gasteiger partial charge in [0.25, 0.3) is 5.91 Å². The van der Waals surface area contributed by atoms with Crippen LogP contribution in [0.4, 0.5) is 11.5 Å². The van der Waals surface area contributed by atoms with Crippen LogP contribution in [0.1, 0.15) is 10.4 Å². The number of nitrogen functional groups attached to an aromatic ring is 1. The smallest absolute Gasteiger partial charge is 0.261 e. The second kappa shape index (κ2) is 7.86. The SMILES string of the molecule is COc1ccc(-n2c(N)c(C(=O)Nc3ccccc3)c3nc4ccccc4nc32)cc1Cl. The van der Waals surface area contributed by atoms with E-state index in [4.69, 9.17) is 32.0 Å². The summed E-state index contributed by atoms with van der Waals surface area (Å²) in [6, 6.07) is 21.9. The highest BCUT2D eigenvalue weighted by molar-refractivity contribution is 6.32. The molecule has 5 rings (SSSR count). The number of nitrogens with two attached hydrogens (primary N) is 1. The van der Waals surface area contributed by atoms with Gasteiger partial charge in [-0.2, -0.15) is 0 Å². The topological polar surface area (TPSA) is 95.1 Å². The van der Waals surface area contributed by atoms with Crippen LogP contribution in [-0.2, 0) is 0 Å². The molecule has 3 aromatic carbocycles. The number of methoxy groups -OCH3 is 1. The van der Waals surface area contributed by atoms with Crippen molar-refractivity contribution in [2.75, 3.05) is 18.2 Å². The molecule has 0 saturated heterocycles. The van der Waals surface area contributed by atoms with Gasteiger partial charge in [-0.3, -0.25) is 9.36 Å². The number of hydrogen-bond donors (Lipinski definition) is 2. The fourth-order valence-electron chi connectivity index (χ4n) is 3.66. The number of hydrogen-bond acceptors (Lipinski definition) is 5. The molecule has 0 fully saturated rings. The number of rotatable bonds is 4. The van der Waals surface area contributed by atoms with E-state index in [1.807, 2.05) is 42.5 Å². The van der Waals surface area contributed by atoms with Gasteiger partial charge in [-0.25, -0.2) is 9.97 Å². The van der Waals surface area contributed by atoms with E-state index < -0.39 is 0 Å². The Morgan fingerprint density at radius 1 is 1.00 bits per heavy atom. The number of anilines is 2. The normalized spacial score (nSPS) is 11.1. The summed E-state index contributed by atoms with van der Waals surface area (Å²) in [5, 5.41) is 3.30. The highest BCUT2D eigenvalue weighted by Gasteiger charge is 2.25. The number of para-hydroxylation sites is 3. The Morgan fingerprint density at radius 3 is 2.38 bits per heavy atom. The number of halogens is 1. The molecule has 0 unspecified atom stereocenters. The second-order valence-corrected chi connectivity index (χ2v) is 7.53. The number of fused-ring (bicyclic) bond motifs is 2. The zero-order chi connectivity index (χ0) is 22.2. The Labute approximate surface area is 188 Å². The molecule has 0 bridgehead atoms. The summed E-state index contributed by atoms with van der Waals surface area (Å²) in [6.07, 6.45) is 0. The summed E-state index contributed by atoms with van der Waals surface area (Å²) in [7, 11) is 1.55. The van der Waals surface area contributed by atoms with Crippen molar-refractivity contribution in [1.29, 1.82) is 0 Å². The van der Waals surface area contributed by atoms with Gasteiger partial charge in [-0.05, 0) is 42.5 Å². The lowest BCUT2D eigenvalue weighted by Gasteiger charge is -2.10. The van der Waals surface area contributed by atoms with Crippen LogP contribution >= 0.6 is 11.6 Å². The molecule has 0 spiro atoms. The molecule has 0 atom stereocenters. The van der Waals surface area contributed by atoms with Gasteiger partial charge in [0.1, 0.15) is 22.6 Å². The van der Waals surface area contributed by atoms with Crippen molar-refractivity contribution in [3.05, 3.63) is 83.4 Å². The maximum Gasteiger partial charge on any atom is 0.261 e. The molecule has 0 saturated carbocycles. The zero-order valence-corrected chi connectivity index (χ0v) is 17.8. The summed E-state index contributed by atoms with van der Waals surface area (Å²) in [4.78, 5) is 22.8. The predicted molar refractivity (Wildman–Crippen MR) is 127 cm³/mol. The summed E-state index contributed by atoms with van der Waals surface area (Å²) in [5.74, 6) is 0.371. The Kier molecular flexibility index (Phi) is 4.88. The van der Waals surface area contributed by atoms with E-state index in [-0.39, 0.29) is 17.3 Å². The molecule has 8 heteroatoms. The molecule has 2 aromatic heterocycles. The standard InChI is InChI=1S/C24H18ClN5O2/c1-32-19-12-11-15(13-16(19)25)30-22(26)20(24(31)27-14-7-3-2-4-8-14)21-23(30)29-18-10-6-5-9-17(18)28-21/h2-13H,26H2,1H3,(H,27,31). The molecule has 0 aliphatic rings. The van der Waals surface area contributed by atoms with Gasteiger partial charge in [0.15, 0.2) is 5.65 Å². The number of amides is 1. The minimum atomic E-state index is -0.373. The maximum absolute atomic E-state index is 13.3. The summed E-state index contributed by atoms with van der Waals surface area (Å²) in [5.41, 5.74) is 10.3. The number of nitrogens with zero attached hydrogens (tertiary/aromatic N) is 3. The number of benzene rings is 3. The average molecular weight is 444 g/mol. The third-order valence-corrected chi connectivity index (χ3v) is 5.45. The van der Waals surface area contributed by atoms with Crippen molar-refractivity contribution in [3.8, 4) is 11.4 Å². The zero-order valence-electron chi connectivity index (χ0n) is 17.0. The molecule has 0 aliphatic carbocycles. The molecule has 1 amide bonds. The summed E-state index contributed by atoms with van der Waals surface area (Å²) < 4.78 is 6.94. The lowest BCUT2D eigenvalue weighted by atomic mass is 10.2. The Morgan fingerprint density at radius 2 is 1.69 bits per heavy atom. The van der Waals surface area contributed by atoms with Crippen LogP contribution in [0.2, 0.25) is 5.02 Å². The van der Waals surface area contributed by atoms with Gasteiger partial charge in [0.05, 0.1) is 28.9 Å².